The lowest BCUT2D eigenvalue weighted by Crippen LogP contribution is -2.57. The summed E-state index contributed by atoms with van der Waals surface area (Å²) in [5.41, 5.74) is 6.09. The minimum Gasteiger partial charge on any atom is -0.368 e. The van der Waals surface area contributed by atoms with Gasteiger partial charge in [0.1, 0.15) is 6.04 Å². The van der Waals surface area contributed by atoms with Gasteiger partial charge in [-0.3, -0.25) is 14.9 Å². The molecule has 136 valence electrons. The van der Waals surface area contributed by atoms with Gasteiger partial charge in [-0.05, 0) is 18.1 Å². The van der Waals surface area contributed by atoms with Crippen LogP contribution in [0.25, 0.3) is 0 Å². The summed E-state index contributed by atoms with van der Waals surface area (Å²) in [6.07, 6.45) is 0. The minimum absolute atomic E-state index is 0.0508. The number of hydrogen-bond donors (Lipinski definition) is 2. The number of nitro benzene ring substituents is 1. The number of benzene rings is 1. The summed E-state index contributed by atoms with van der Waals surface area (Å²) in [4.78, 5) is 37.8. The number of hydrogen-bond acceptors (Lipinski definition) is 5. The lowest BCUT2D eigenvalue weighted by Gasteiger charge is -2.38. The Bertz CT molecular complexity index is 638. The first-order valence-corrected chi connectivity index (χ1v) is 8.13. The smallest absolute Gasteiger partial charge is 0.312 e. The van der Waals surface area contributed by atoms with Gasteiger partial charge in [-0.15, -0.1) is 0 Å². The molecule has 1 aromatic rings. The largest absolute Gasteiger partial charge is 0.368 e. The molecule has 0 aliphatic carbocycles. The van der Waals surface area contributed by atoms with Crippen LogP contribution in [0.5, 0.6) is 0 Å². The fourth-order valence-corrected chi connectivity index (χ4v) is 2.83. The van der Waals surface area contributed by atoms with E-state index in [1.807, 2.05) is 13.8 Å². The molecule has 25 heavy (non-hydrogen) atoms. The average Bonchev–Trinajstić information content (AvgIpc) is 2.59. The van der Waals surface area contributed by atoms with Gasteiger partial charge in [0.15, 0.2) is 0 Å². The second-order valence-electron chi connectivity index (χ2n) is 6.32. The number of carbonyl (C=O) groups is 2. The van der Waals surface area contributed by atoms with E-state index in [2.05, 4.69) is 10.2 Å². The summed E-state index contributed by atoms with van der Waals surface area (Å²) in [6, 6.07) is 5.01. The van der Waals surface area contributed by atoms with Crippen molar-refractivity contribution < 1.29 is 14.5 Å². The van der Waals surface area contributed by atoms with E-state index in [-0.39, 0.29) is 17.5 Å². The minimum atomic E-state index is -0.712. The molecule has 9 nitrogen and oxygen atoms in total. The van der Waals surface area contributed by atoms with Gasteiger partial charge in [0, 0.05) is 44.0 Å². The van der Waals surface area contributed by atoms with Gasteiger partial charge in [0.05, 0.1) is 4.92 Å². The van der Waals surface area contributed by atoms with Crippen LogP contribution in [-0.2, 0) is 4.79 Å². The van der Waals surface area contributed by atoms with Gasteiger partial charge >= 0.3 is 6.03 Å². The van der Waals surface area contributed by atoms with Crippen molar-refractivity contribution in [3.8, 4) is 0 Å². The van der Waals surface area contributed by atoms with E-state index >= 15 is 0 Å². The van der Waals surface area contributed by atoms with Crippen molar-refractivity contribution in [1.29, 1.82) is 0 Å². The van der Waals surface area contributed by atoms with Gasteiger partial charge in [0.25, 0.3) is 5.69 Å². The monoisotopic (exact) mass is 349 g/mol. The predicted molar refractivity (Wildman–Crippen MR) is 93.2 cm³/mol. The van der Waals surface area contributed by atoms with Crippen LogP contribution in [0.15, 0.2) is 24.3 Å². The number of nitrogens with zero attached hydrogens (tertiary/aromatic N) is 3. The molecule has 0 bridgehead atoms. The second kappa shape index (κ2) is 7.82. The van der Waals surface area contributed by atoms with Crippen molar-refractivity contribution in [1.82, 2.24) is 10.2 Å². The summed E-state index contributed by atoms with van der Waals surface area (Å²) in [5, 5.41) is 13.2. The molecule has 0 unspecified atom stereocenters. The van der Waals surface area contributed by atoms with E-state index in [9.17, 15) is 19.7 Å². The van der Waals surface area contributed by atoms with Crippen LogP contribution < -0.4 is 16.0 Å². The van der Waals surface area contributed by atoms with Gasteiger partial charge in [-0.25, -0.2) is 4.79 Å². The summed E-state index contributed by atoms with van der Waals surface area (Å²) >= 11 is 0. The molecule has 1 aromatic carbocycles. The maximum absolute atomic E-state index is 12.6. The Morgan fingerprint density at radius 2 is 1.72 bits per heavy atom. The van der Waals surface area contributed by atoms with E-state index in [1.54, 1.807) is 17.0 Å². The van der Waals surface area contributed by atoms with Crippen molar-refractivity contribution in [2.75, 3.05) is 31.1 Å². The molecule has 0 aromatic heterocycles. The number of amides is 3. The predicted octanol–water partition coefficient (Wildman–Crippen LogP) is 0.936. The highest BCUT2D eigenvalue weighted by atomic mass is 16.6. The summed E-state index contributed by atoms with van der Waals surface area (Å²) in [7, 11) is 0. The molecule has 1 aliphatic rings. The summed E-state index contributed by atoms with van der Waals surface area (Å²) < 4.78 is 0. The Labute approximate surface area is 145 Å². The third-order valence-corrected chi connectivity index (χ3v) is 4.25. The van der Waals surface area contributed by atoms with E-state index in [1.165, 1.54) is 12.1 Å². The van der Waals surface area contributed by atoms with Crippen molar-refractivity contribution in [2.24, 2.45) is 11.7 Å². The van der Waals surface area contributed by atoms with Crippen molar-refractivity contribution >= 4 is 23.3 Å². The molecule has 3 N–H and O–H groups in total. The number of anilines is 1. The first-order valence-electron chi connectivity index (χ1n) is 8.13. The Hall–Kier alpha value is -2.84. The topological polar surface area (TPSA) is 122 Å². The lowest BCUT2D eigenvalue weighted by molar-refractivity contribution is -0.384. The fraction of sp³-hybridized carbons (Fsp3) is 0.500. The van der Waals surface area contributed by atoms with Gasteiger partial charge in [-0.2, -0.15) is 0 Å². The number of nitrogens with one attached hydrogen (secondary N) is 1. The first kappa shape index (κ1) is 18.5. The zero-order valence-corrected chi connectivity index (χ0v) is 14.3. The third-order valence-electron chi connectivity index (χ3n) is 4.25. The summed E-state index contributed by atoms with van der Waals surface area (Å²) in [6.45, 7) is 5.96. The number of primary amides is 1. The van der Waals surface area contributed by atoms with Crippen molar-refractivity contribution in [3.63, 3.8) is 0 Å². The molecular formula is C16H23N5O4. The van der Waals surface area contributed by atoms with E-state index in [4.69, 9.17) is 5.73 Å². The van der Waals surface area contributed by atoms with Crippen molar-refractivity contribution in [2.45, 2.75) is 19.9 Å². The van der Waals surface area contributed by atoms with Gasteiger partial charge < -0.3 is 20.9 Å². The highest BCUT2D eigenvalue weighted by molar-refractivity contribution is 5.87. The first-order chi connectivity index (χ1) is 11.8. The van der Waals surface area contributed by atoms with E-state index < -0.39 is 17.0 Å². The maximum Gasteiger partial charge on any atom is 0.312 e. The average molecular weight is 349 g/mol. The molecule has 1 fully saturated rings. The van der Waals surface area contributed by atoms with Gasteiger partial charge in [-0.1, -0.05) is 13.8 Å². The SMILES string of the molecule is CC(C)[C@@H](NC(N)=O)C(=O)N1CCN(c2ccc([N+](=O)[O-])cc2)CC1. The van der Waals surface area contributed by atoms with Crippen LogP contribution in [-0.4, -0.2) is 54.0 Å². The van der Waals surface area contributed by atoms with Crippen LogP contribution >= 0.6 is 0 Å². The zero-order chi connectivity index (χ0) is 18.6. The lowest BCUT2D eigenvalue weighted by atomic mass is 10.0. The molecule has 0 spiro atoms. The molecule has 1 heterocycles. The fourth-order valence-electron chi connectivity index (χ4n) is 2.83. The van der Waals surface area contributed by atoms with Crippen LogP contribution in [0.2, 0.25) is 0 Å². The molecular weight excluding hydrogens is 326 g/mol. The van der Waals surface area contributed by atoms with E-state index in [0.717, 1.165) is 5.69 Å². The highest BCUT2D eigenvalue weighted by Gasteiger charge is 2.30. The molecule has 0 radical (unpaired) electrons. The highest BCUT2D eigenvalue weighted by Crippen LogP contribution is 2.21. The van der Waals surface area contributed by atoms with Crippen LogP contribution in [0.4, 0.5) is 16.2 Å². The zero-order valence-electron chi connectivity index (χ0n) is 14.3. The quantitative estimate of drug-likeness (QED) is 0.605. The standard InChI is InChI=1S/C16H23N5O4/c1-11(2)14(18-16(17)23)15(22)20-9-7-19(8-10-20)12-3-5-13(6-4-12)21(24)25/h3-6,11,14H,7-10H2,1-2H3,(H3,17,18,23)/t14-/m1/s1. The molecule has 1 saturated heterocycles. The second-order valence-corrected chi connectivity index (χ2v) is 6.32. The molecule has 9 heteroatoms. The summed E-state index contributed by atoms with van der Waals surface area (Å²) in [5.74, 6) is -0.204. The van der Waals surface area contributed by atoms with Crippen molar-refractivity contribution in [3.05, 3.63) is 34.4 Å². The normalized spacial score (nSPS) is 15.8. The van der Waals surface area contributed by atoms with E-state index in [0.29, 0.717) is 26.2 Å². The van der Waals surface area contributed by atoms with Crippen LogP contribution in [0.1, 0.15) is 13.8 Å². The Balaban J connectivity index is 1.97. The van der Waals surface area contributed by atoms with Crippen LogP contribution in [0, 0.1) is 16.0 Å². The van der Waals surface area contributed by atoms with Crippen LogP contribution in [0.3, 0.4) is 0 Å². The number of nitro groups is 1. The Kier molecular flexibility index (Phi) is 5.79. The number of non-ortho nitro benzene ring substituents is 1. The molecule has 3 amide bonds. The Morgan fingerprint density at radius 3 is 2.16 bits per heavy atom. The number of urea groups is 1. The molecule has 1 aliphatic heterocycles. The molecule has 0 saturated carbocycles. The third kappa shape index (κ3) is 4.59. The number of rotatable bonds is 5. The molecule has 2 rings (SSSR count). The number of carbonyl (C=O) groups excluding carboxylic acids is 2. The molecule has 1 atom stereocenters. The Morgan fingerprint density at radius 1 is 1.16 bits per heavy atom. The van der Waals surface area contributed by atoms with Gasteiger partial charge in [0.2, 0.25) is 5.91 Å². The number of nitrogens with two attached hydrogens (primary N) is 1. The maximum atomic E-state index is 12.6. The number of piperazine rings is 1.